The van der Waals surface area contributed by atoms with Gasteiger partial charge in [-0.1, -0.05) is 12.1 Å². The van der Waals surface area contributed by atoms with E-state index in [4.69, 9.17) is 4.74 Å². The molecule has 1 aliphatic heterocycles. The van der Waals surface area contributed by atoms with E-state index in [1.165, 1.54) is 12.1 Å². The Labute approximate surface area is 124 Å². The minimum Gasteiger partial charge on any atom is -0.378 e. The second kappa shape index (κ2) is 6.12. The Morgan fingerprint density at radius 3 is 3.14 bits per heavy atom. The number of nitrogens with zero attached hydrogens (tertiary/aromatic N) is 1. The maximum Gasteiger partial charge on any atom is 0.229 e. The van der Waals surface area contributed by atoms with E-state index in [1.54, 1.807) is 6.07 Å². The van der Waals surface area contributed by atoms with Gasteiger partial charge in [0.1, 0.15) is 5.82 Å². The molecule has 1 aromatic carbocycles. The molecule has 2 aliphatic rings. The van der Waals surface area contributed by atoms with Crippen LogP contribution >= 0.6 is 0 Å². The van der Waals surface area contributed by atoms with Crippen molar-refractivity contribution in [2.24, 2.45) is 5.92 Å². The van der Waals surface area contributed by atoms with Crippen molar-refractivity contribution in [2.75, 3.05) is 26.2 Å². The molecule has 1 saturated heterocycles. The monoisotopic (exact) mass is 292 g/mol. The zero-order chi connectivity index (χ0) is 14.8. The van der Waals surface area contributed by atoms with Crippen LogP contribution in [-0.2, 0) is 9.53 Å². The van der Waals surface area contributed by atoms with Crippen LogP contribution in [0.4, 0.5) is 4.39 Å². The van der Waals surface area contributed by atoms with Crippen molar-refractivity contribution in [2.45, 2.75) is 25.5 Å². The molecule has 0 aromatic heterocycles. The van der Waals surface area contributed by atoms with Gasteiger partial charge < -0.3 is 15.0 Å². The molecule has 3 atom stereocenters. The number of ether oxygens (including phenoxy) is 1. The molecule has 21 heavy (non-hydrogen) atoms. The molecular weight excluding hydrogens is 271 g/mol. The second-order valence-electron chi connectivity index (χ2n) is 5.64. The average Bonchev–Trinajstić information content (AvgIpc) is 3.26. The van der Waals surface area contributed by atoms with E-state index in [0.29, 0.717) is 19.7 Å². The molecule has 1 aliphatic carbocycles. The van der Waals surface area contributed by atoms with Crippen molar-refractivity contribution in [3.05, 3.63) is 35.6 Å². The smallest absolute Gasteiger partial charge is 0.229 e. The molecule has 1 N–H and O–H groups in total. The zero-order valence-corrected chi connectivity index (χ0v) is 12.2. The fourth-order valence-electron chi connectivity index (χ4n) is 3.02. The van der Waals surface area contributed by atoms with Crippen LogP contribution in [0.5, 0.6) is 0 Å². The molecule has 4 nitrogen and oxygen atoms in total. The van der Waals surface area contributed by atoms with E-state index < -0.39 is 0 Å². The van der Waals surface area contributed by atoms with Crippen LogP contribution in [0.15, 0.2) is 24.3 Å². The molecule has 1 saturated carbocycles. The van der Waals surface area contributed by atoms with Crippen LogP contribution in [-0.4, -0.2) is 43.2 Å². The van der Waals surface area contributed by atoms with Crippen molar-refractivity contribution in [3.8, 4) is 0 Å². The summed E-state index contributed by atoms with van der Waals surface area (Å²) < 4.78 is 19.0. The van der Waals surface area contributed by atoms with Crippen molar-refractivity contribution >= 4 is 5.91 Å². The highest BCUT2D eigenvalue weighted by atomic mass is 19.1. The summed E-state index contributed by atoms with van der Waals surface area (Å²) in [5.74, 6) is -0.132. The molecule has 0 radical (unpaired) electrons. The Morgan fingerprint density at radius 2 is 2.38 bits per heavy atom. The van der Waals surface area contributed by atoms with Crippen molar-refractivity contribution in [1.29, 1.82) is 0 Å². The van der Waals surface area contributed by atoms with Crippen LogP contribution in [0.2, 0.25) is 0 Å². The first kappa shape index (κ1) is 14.5. The Morgan fingerprint density at radius 1 is 1.52 bits per heavy atom. The van der Waals surface area contributed by atoms with Crippen LogP contribution in [0.3, 0.4) is 0 Å². The van der Waals surface area contributed by atoms with Gasteiger partial charge in [0.05, 0.1) is 18.1 Å². The molecule has 3 rings (SSSR count). The molecule has 114 valence electrons. The predicted octanol–water partition coefficient (Wildman–Crippen LogP) is 1.72. The van der Waals surface area contributed by atoms with Gasteiger partial charge in [0, 0.05) is 26.2 Å². The summed E-state index contributed by atoms with van der Waals surface area (Å²) in [5, 5.41) is 3.29. The highest BCUT2D eigenvalue weighted by Crippen LogP contribution is 2.37. The molecule has 1 heterocycles. The number of amides is 1. The van der Waals surface area contributed by atoms with Gasteiger partial charge in [0.15, 0.2) is 0 Å². The van der Waals surface area contributed by atoms with Gasteiger partial charge in [-0.25, -0.2) is 4.39 Å². The molecule has 5 heteroatoms. The number of carbonyl (C=O) groups excluding carboxylic acids is 1. The van der Waals surface area contributed by atoms with Crippen LogP contribution in [0, 0.1) is 11.7 Å². The number of carbonyl (C=O) groups is 1. The second-order valence-corrected chi connectivity index (χ2v) is 5.64. The van der Waals surface area contributed by atoms with E-state index in [0.717, 1.165) is 18.5 Å². The lowest BCUT2D eigenvalue weighted by Gasteiger charge is -2.36. The zero-order valence-electron chi connectivity index (χ0n) is 12.2. The summed E-state index contributed by atoms with van der Waals surface area (Å²) in [6.45, 7) is 4.70. The number of hydrogen-bond donors (Lipinski definition) is 1. The van der Waals surface area contributed by atoms with E-state index in [9.17, 15) is 9.18 Å². The van der Waals surface area contributed by atoms with Gasteiger partial charge in [-0.3, -0.25) is 4.79 Å². The summed E-state index contributed by atoms with van der Waals surface area (Å²) in [4.78, 5) is 14.5. The Bertz CT molecular complexity index is 523. The van der Waals surface area contributed by atoms with Crippen LogP contribution in [0.25, 0.3) is 0 Å². The highest BCUT2D eigenvalue weighted by Gasteiger charge is 2.47. The molecule has 2 fully saturated rings. The fraction of sp³-hybridized carbons (Fsp3) is 0.562. The quantitative estimate of drug-likeness (QED) is 0.919. The largest absolute Gasteiger partial charge is 0.378 e. The summed E-state index contributed by atoms with van der Waals surface area (Å²) in [7, 11) is 0. The average molecular weight is 292 g/mol. The molecular formula is C16H21FN2O2. The third-order valence-electron chi connectivity index (χ3n) is 4.19. The lowest BCUT2D eigenvalue weighted by molar-refractivity contribution is -0.137. The van der Waals surface area contributed by atoms with E-state index >= 15 is 0 Å². The van der Waals surface area contributed by atoms with Crippen LogP contribution < -0.4 is 5.32 Å². The standard InChI is InChI=1S/C16H21FN2O2/c1-2-21-15-9-13(15)16(20)19-7-6-18-10-14(19)11-4-3-5-12(17)8-11/h3-5,8,13-15,18H,2,6-7,9-10H2,1H3. The number of nitrogens with one attached hydrogen (secondary N) is 1. The van der Waals surface area contributed by atoms with Gasteiger partial charge in [0.25, 0.3) is 0 Å². The summed E-state index contributed by atoms with van der Waals surface area (Å²) in [6, 6.07) is 6.43. The predicted molar refractivity (Wildman–Crippen MR) is 77.2 cm³/mol. The van der Waals surface area contributed by atoms with Gasteiger partial charge in [-0.15, -0.1) is 0 Å². The van der Waals surface area contributed by atoms with Gasteiger partial charge in [0.2, 0.25) is 5.91 Å². The van der Waals surface area contributed by atoms with Crippen molar-refractivity contribution in [3.63, 3.8) is 0 Å². The first-order chi connectivity index (χ1) is 10.2. The first-order valence-corrected chi connectivity index (χ1v) is 7.59. The lowest BCUT2D eigenvalue weighted by Crippen LogP contribution is -2.49. The minimum absolute atomic E-state index is 0.0147. The molecule has 0 spiro atoms. The maximum atomic E-state index is 13.4. The topological polar surface area (TPSA) is 41.6 Å². The molecule has 3 unspecified atom stereocenters. The Kier molecular flexibility index (Phi) is 4.22. The molecule has 0 bridgehead atoms. The van der Waals surface area contributed by atoms with Crippen molar-refractivity contribution in [1.82, 2.24) is 10.2 Å². The van der Waals surface area contributed by atoms with Crippen LogP contribution in [0.1, 0.15) is 24.9 Å². The van der Waals surface area contributed by atoms with Gasteiger partial charge >= 0.3 is 0 Å². The number of halogens is 1. The lowest BCUT2D eigenvalue weighted by atomic mass is 10.0. The van der Waals surface area contributed by atoms with E-state index in [-0.39, 0.29) is 29.8 Å². The normalized spacial score (nSPS) is 28.5. The molecule has 1 aromatic rings. The molecule has 1 amide bonds. The Balaban J connectivity index is 1.74. The van der Waals surface area contributed by atoms with Crippen molar-refractivity contribution < 1.29 is 13.9 Å². The summed E-state index contributed by atoms with van der Waals surface area (Å²) >= 11 is 0. The van der Waals surface area contributed by atoms with E-state index in [2.05, 4.69) is 5.32 Å². The summed E-state index contributed by atoms with van der Waals surface area (Å²) in [6.07, 6.45) is 0.887. The number of benzene rings is 1. The number of rotatable bonds is 4. The first-order valence-electron chi connectivity index (χ1n) is 7.59. The van der Waals surface area contributed by atoms with Gasteiger partial charge in [-0.05, 0) is 31.0 Å². The SMILES string of the molecule is CCOC1CC1C(=O)N1CCNCC1c1cccc(F)c1. The highest BCUT2D eigenvalue weighted by molar-refractivity contribution is 5.82. The third kappa shape index (κ3) is 3.09. The maximum absolute atomic E-state index is 13.4. The fourth-order valence-corrected chi connectivity index (χ4v) is 3.02. The number of hydrogen-bond acceptors (Lipinski definition) is 3. The third-order valence-corrected chi connectivity index (χ3v) is 4.19. The summed E-state index contributed by atoms with van der Waals surface area (Å²) in [5.41, 5.74) is 0.851. The van der Waals surface area contributed by atoms with Gasteiger partial charge in [-0.2, -0.15) is 0 Å². The Hall–Kier alpha value is -1.46. The van der Waals surface area contributed by atoms with E-state index in [1.807, 2.05) is 17.9 Å². The minimum atomic E-state index is -0.260. The number of piperazine rings is 1.